The summed E-state index contributed by atoms with van der Waals surface area (Å²) in [5.41, 5.74) is -0.247. The van der Waals surface area contributed by atoms with Crippen LogP contribution in [-0.2, 0) is 25.9 Å². The van der Waals surface area contributed by atoms with Crippen molar-refractivity contribution in [1.29, 1.82) is 0 Å². The molecule has 2 atom stereocenters. The molecule has 45 heavy (non-hydrogen) atoms. The molecule has 14 heteroatoms. The van der Waals surface area contributed by atoms with Crippen LogP contribution in [0, 0.1) is 41.9 Å². The quantitative estimate of drug-likeness (QED) is 0.148. The molecule has 2 N–H and O–H groups in total. The molecule has 0 bridgehead atoms. The Bertz CT molecular complexity index is 1720. The molecule has 5 rings (SSSR count). The molecule has 2 saturated heterocycles. The number of halogens is 5. The number of anilines is 1. The number of hydrogen-bond donors (Lipinski definition) is 2. The molecular weight excluding hydrogens is 623 g/mol. The van der Waals surface area contributed by atoms with E-state index in [4.69, 9.17) is 4.74 Å². The van der Waals surface area contributed by atoms with Gasteiger partial charge in [0, 0.05) is 18.8 Å². The maximum atomic E-state index is 15.4. The zero-order valence-electron chi connectivity index (χ0n) is 24.0. The van der Waals surface area contributed by atoms with E-state index in [1.165, 1.54) is 0 Å². The van der Waals surface area contributed by atoms with Gasteiger partial charge in [-0.15, -0.1) is 0 Å². The fourth-order valence-electron chi connectivity index (χ4n) is 5.80. The molecule has 2 aliphatic rings. The van der Waals surface area contributed by atoms with Crippen LogP contribution in [-0.4, -0.2) is 50.5 Å². The van der Waals surface area contributed by atoms with Gasteiger partial charge in [0.15, 0.2) is 23.3 Å². The zero-order valence-corrected chi connectivity index (χ0v) is 24.8. The van der Waals surface area contributed by atoms with Gasteiger partial charge in [0.25, 0.3) is 0 Å². The van der Waals surface area contributed by atoms with Crippen molar-refractivity contribution in [2.24, 2.45) is 5.92 Å². The third-order valence-electron chi connectivity index (χ3n) is 8.31. The van der Waals surface area contributed by atoms with Crippen molar-refractivity contribution in [3.05, 3.63) is 93.8 Å². The van der Waals surface area contributed by atoms with Crippen LogP contribution in [0.1, 0.15) is 52.2 Å². The van der Waals surface area contributed by atoms with E-state index >= 15 is 4.39 Å². The van der Waals surface area contributed by atoms with Gasteiger partial charge in [-0.25, -0.2) is 35.2 Å². The molecule has 240 valence electrons. The maximum Gasteiger partial charge on any atom is 0.335 e. The number of sulfone groups is 1. The topological polar surface area (TPSA) is 113 Å². The Kier molecular flexibility index (Phi) is 9.28. The third kappa shape index (κ3) is 6.18. The molecule has 1 unspecified atom stereocenters. The van der Waals surface area contributed by atoms with Gasteiger partial charge in [-0.05, 0) is 68.0 Å². The minimum atomic E-state index is -5.19. The second-order valence-corrected chi connectivity index (χ2v) is 13.1. The lowest BCUT2D eigenvalue weighted by molar-refractivity contribution is -0.122. The minimum absolute atomic E-state index is 0.111. The predicted molar refractivity (Wildman–Crippen MR) is 152 cm³/mol. The Balaban J connectivity index is 1.52. The molecular formula is C31H29F5N2O6S. The molecule has 2 fully saturated rings. The molecule has 2 aliphatic heterocycles. The number of amides is 1. The number of ether oxygens (including phenoxy) is 1. The fourth-order valence-corrected chi connectivity index (χ4v) is 7.82. The van der Waals surface area contributed by atoms with Crippen LogP contribution in [0.25, 0.3) is 0 Å². The van der Waals surface area contributed by atoms with E-state index < -0.39 is 78.1 Å². The lowest BCUT2D eigenvalue weighted by Gasteiger charge is -2.29. The van der Waals surface area contributed by atoms with Crippen molar-refractivity contribution in [3.63, 3.8) is 0 Å². The molecule has 0 aliphatic carbocycles. The Labute approximate surface area is 255 Å². The number of nitrogens with zero attached hydrogens (tertiary/aromatic N) is 1. The highest BCUT2D eigenvalue weighted by Crippen LogP contribution is 2.36. The molecule has 0 saturated carbocycles. The van der Waals surface area contributed by atoms with Gasteiger partial charge in [0.1, 0.15) is 16.1 Å². The average molecular weight is 653 g/mol. The van der Waals surface area contributed by atoms with E-state index in [9.17, 15) is 40.7 Å². The summed E-state index contributed by atoms with van der Waals surface area (Å²) < 4.78 is 106. The van der Waals surface area contributed by atoms with Gasteiger partial charge in [-0.1, -0.05) is 24.3 Å². The van der Waals surface area contributed by atoms with Crippen LogP contribution in [0.15, 0.2) is 47.4 Å². The highest BCUT2D eigenvalue weighted by molar-refractivity contribution is 7.92. The number of carbonyl (C=O) groups is 2. The van der Waals surface area contributed by atoms with E-state index in [2.05, 4.69) is 5.32 Å². The molecule has 0 spiro atoms. The molecule has 3 aromatic carbocycles. The number of nitrogens with one attached hydrogen (secondary N) is 1. The fraction of sp³-hybridized carbons (Fsp3) is 0.355. The number of rotatable bonds is 8. The number of hydrogen-bond acceptors (Lipinski definition) is 6. The molecule has 0 radical (unpaired) electrons. The Morgan fingerprint density at radius 3 is 2.22 bits per heavy atom. The molecule has 2 heterocycles. The molecule has 1 amide bonds. The van der Waals surface area contributed by atoms with E-state index in [0.717, 1.165) is 42.4 Å². The number of carbonyl (C=O) groups excluding carboxylic acids is 1. The standard InChI is InChI=1S/C31H29F5N2O6S/c1-16-24(33)26(35)27(36)28(25(16)34)45(42,43)29-21(8-11-37-29)30(39)38(23-7-6-20(31(40)41)14-22(23)32)15-17-2-4-18(5-3-17)19-9-12-44-13-10-19/h2-7,14,19,21,29,37H,8-13,15H2,1H3,(H,40,41)/t21-,29?/m0/s1. The smallest absolute Gasteiger partial charge is 0.335 e. The summed E-state index contributed by atoms with van der Waals surface area (Å²) in [6.07, 6.45) is 1.49. The average Bonchev–Trinajstić information content (AvgIpc) is 3.54. The van der Waals surface area contributed by atoms with Crippen LogP contribution in [0.2, 0.25) is 0 Å². The van der Waals surface area contributed by atoms with Crippen LogP contribution >= 0.6 is 0 Å². The third-order valence-corrected chi connectivity index (χ3v) is 10.4. The highest BCUT2D eigenvalue weighted by atomic mass is 32.2. The van der Waals surface area contributed by atoms with E-state index in [-0.39, 0.29) is 31.1 Å². The number of benzene rings is 3. The van der Waals surface area contributed by atoms with E-state index in [1.807, 2.05) is 12.1 Å². The van der Waals surface area contributed by atoms with Crippen molar-refractivity contribution < 1.29 is 49.8 Å². The summed E-state index contributed by atoms with van der Waals surface area (Å²) in [5.74, 6) is -12.9. The van der Waals surface area contributed by atoms with Crippen LogP contribution in [0.5, 0.6) is 0 Å². The monoisotopic (exact) mass is 652 g/mol. The minimum Gasteiger partial charge on any atom is -0.478 e. The molecule has 8 nitrogen and oxygen atoms in total. The van der Waals surface area contributed by atoms with Crippen LogP contribution in [0.3, 0.4) is 0 Å². The first-order valence-corrected chi connectivity index (χ1v) is 15.7. The molecule has 3 aromatic rings. The van der Waals surface area contributed by atoms with Crippen molar-refractivity contribution in [1.82, 2.24) is 5.32 Å². The van der Waals surface area contributed by atoms with Crippen molar-refractivity contribution in [2.75, 3.05) is 24.7 Å². The van der Waals surface area contributed by atoms with Crippen molar-refractivity contribution >= 4 is 27.4 Å². The van der Waals surface area contributed by atoms with Crippen molar-refractivity contribution in [2.45, 2.75) is 48.9 Å². The van der Waals surface area contributed by atoms with Crippen LogP contribution < -0.4 is 10.2 Å². The summed E-state index contributed by atoms with van der Waals surface area (Å²) in [5, 5.41) is 9.83. The first-order valence-electron chi connectivity index (χ1n) is 14.1. The van der Waals surface area contributed by atoms with E-state index in [1.54, 1.807) is 12.1 Å². The Hall–Kier alpha value is -3.88. The number of aromatic carboxylic acids is 1. The van der Waals surface area contributed by atoms with Gasteiger partial charge in [-0.2, -0.15) is 0 Å². The van der Waals surface area contributed by atoms with Crippen LogP contribution in [0.4, 0.5) is 27.6 Å². The lowest BCUT2D eigenvalue weighted by Crippen LogP contribution is -2.45. The SMILES string of the molecule is Cc1c(F)c(F)c(F)c(S(=O)(=O)C2NCC[C@@H]2C(=O)N(Cc2ccc(C3CCOCC3)cc2)c2ccc(C(=O)O)cc2F)c1F. The summed E-state index contributed by atoms with van der Waals surface area (Å²) >= 11 is 0. The van der Waals surface area contributed by atoms with Gasteiger partial charge in [-0.3, -0.25) is 4.79 Å². The zero-order chi connectivity index (χ0) is 32.6. The summed E-state index contributed by atoms with van der Waals surface area (Å²) in [6.45, 7) is 1.61. The van der Waals surface area contributed by atoms with Gasteiger partial charge < -0.3 is 20.1 Å². The normalized spacial score (nSPS) is 19.1. The summed E-state index contributed by atoms with van der Waals surface area (Å²) in [6, 6.07) is 10.0. The number of carboxylic acids is 1. The summed E-state index contributed by atoms with van der Waals surface area (Å²) in [4.78, 5) is 24.7. The second-order valence-electron chi connectivity index (χ2n) is 11.0. The Morgan fingerprint density at radius 1 is 0.933 bits per heavy atom. The predicted octanol–water partition coefficient (Wildman–Crippen LogP) is 5.23. The molecule has 0 aromatic heterocycles. The largest absolute Gasteiger partial charge is 0.478 e. The van der Waals surface area contributed by atoms with E-state index in [0.29, 0.717) is 24.8 Å². The first kappa shape index (κ1) is 32.5. The van der Waals surface area contributed by atoms with Gasteiger partial charge in [0.05, 0.1) is 23.7 Å². The van der Waals surface area contributed by atoms with Gasteiger partial charge in [0.2, 0.25) is 15.7 Å². The first-order chi connectivity index (χ1) is 21.3. The highest BCUT2D eigenvalue weighted by Gasteiger charge is 2.47. The number of carboxylic acid groups (broad SMARTS) is 1. The maximum absolute atomic E-state index is 15.4. The van der Waals surface area contributed by atoms with Gasteiger partial charge >= 0.3 is 5.97 Å². The Morgan fingerprint density at radius 2 is 1.60 bits per heavy atom. The van der Waals surface area contributed by atoms with Crippen molar-refractivity contribution in [3.8, 4) is 0 Å². The second kappa shape index (κ2) is 12.9. The summed E-state index contributed by atoms with van der Waals surface area (Å²) in [7, 11) is -5.19. The lowest BCUT2D eigenvalue weighted by atomic mass is 9.91.